The Hall–Kier alpha value is -1.74. The first-order valence-corrected chi connectivity index (χ1v) is 7.03. The second-order valence-electron chi connectivity index (χ2n) is 5.57. The van der Waals surface area contributed by atoms with E-state index in [1.807, 2.05) is 0 Å². The van der Waals surface area contributed by atoms with Gasteiger partial charge in [0.05, 0.1) is 6.10 Å². The summed E-state index contributed by atoms with van der Waals surface area (Å²) in [4.78, 5) is 11.5. The predicted octanol–water partition coefficient (Wildman–Crippen LogP) is 4.94. The molecule has 172 valence electrons. The molecular formula is C13H11F13O3. The first kappa shape index (κ1) is 27.3. The lowest BCUT2D eigenvalue weighted by Crippen LogP contribution is -2.72. The van der Waals surface area contributed by atoms with Crippen LogP contribution in [-0.4, -0.2) is 53.2 Å². The van der Waals surface area contributed by atoms with Gasteiger partial charge >= 0.3 is 41.9 Å². The highest BCUT2D eigenvalue weighted by atomic mass is 19.4. The summed E-state index contributed by atoms with van der Waals surface area (Å²) in [6, 6.07) is 0. The van der Waals surface area contributed by atoms with E-state index in [1.165, 1.54) is 0 Å². The second-order valence-corrected chi connectivity index (χ2v) is 5.57. The Morgan fingerprint density at radius 1 is 0.828 bits per heavy atom. The Morgan fingerprint density at radius 3 is 1.48 bits per heavy atom. The monoisotopic (exact) mass is 462 g/mol. The summed E-state index contributed by atoms with van der Waals surface area (Å²) in [5, 5.41) is 9.00. The zero-order valence-corrected chi connectivity index (χ0v) is 14.0. The summed E-state index contributed by atoms with van der Waals surface area (Å²) < 4.78 is 170. The number of rotatable bonds is 7. The van der Waals surface area contributed by atoms with Crippen LogP contribution in [0.25, 0.3) is 0 Å². The molecule has 0 aliphatic rings. The molecule has 0 aromatic rings. The highest BCUT2D eigenvalue weighted by Gasteiger charge is 2.92. The van der Waals surface area contributed by atoms with E-state index in [9.17, 15) is 61.9 Å². The van der Waals surface area contributed by atoms with Crippen molar-refractivity contribution >= 4 is 5.97 Å². The number of alkyl halides is 13. The molecule has 0 bridgehead atoms. The number of allylic oxidation sites excluding steroid dienone is 1. The molecule has 0 saturated carbocycles. The topological polar surface area (TPSA) is 46.5 Å². The first-order valence-electron chi connectivity index (χ1n) is 7.03. The maximum Gasteiger partial charge on any atom is 0.461 e. The van der Waals surface area contributed by atoms with Crippen LogP contribution in [0.5, 0.6) is 0 Å². The average Bonchev–Trinajstić information content (AvgIpc) is 2.49. The van der Waals surface area contributed by atoms with E-state index in [0.717, 1.165) is 13.8 Å². The van der Waals surface area contributed by atoms with Crippen LogP contribution < -0.4 is 0 Å². The number of ether oxygens (including phenoxy) is 1. The van der Waals surface area contributed by atoms with Crippen LogP contribution in [0.2, 0.25) is 0 Å². The number of hydrogen-bond acceptors (Lipinski definition) is 3. The van der Waals surface area contributed by atoms with Crippen LogP contribution in [-0.2, 0) is 9.53 Å². The van der Waals surface area contributed by atoms with Crippen molar-refractivity contribution in [2.75, 3.05) is 0 Å². The molecule has 0 saturated heterocycles. The lowest BCUT2D eigenvalue weighted by atomic mass is 9.95. The van der Waals surface area contributed by atoms with Crippen molar-refractivity contribution in [3.8, 4) is 0 Å². The standard InChI is InChI=1S/C13H11F13O3/c1-3-6(4-5(2)27)7(28)29-11(20,10(18,19)13(24,25)26)8(14,15)9(16,17)12(21,22)23/h3,5,27H,4H2,1-2H3. The van der Waals surface area contributed by atoms with E-state index in [2.05, 4.69) is 4.74 Å². The molecule has 2 unspecified atom stereocenters. The molecule has 0 aliphatic heterocycles. The summed E-state index contributed by atoms with van der Waals surface area (Å²) in [5.41, 5.74) is -1.27. The third kappa shape index (κ3) is 4.55. The summed E-state index contributed by atoms with van der Waals surface area (Å²) >= 11 is 0. The number of carbonyl (C=O) groups excluding carboxylic acids is 1. The van der Waals surface area contributed by atoms with Gasteiger partial charge in [0.2, 0.25) is 0 Å². The van der Waals surface area contributed by atoms with Gasteiger partial charge in [0.15, 0.2) is 0 Å². The number of aliphatic hydroxyl groups is 1. The fourth-order valence-electron chi connectivity index (χ4n) is 1.72. The van der Waals surface area contributed by atoms with Crippen molar-refractivity contribution in [1.29, 1.82) is 0 Å². The number of halogens is 13. The molecule has 0 radical (unpaired) electrons. The molecule has 16 heteroatoms. The predicted molar refractivity (Wildman–Crippen MR) is 66.9 cm³/mol. The van der Waals surface area contributed by atoms with E-state index in [-0.39, 0.29) is 0 Å². The van der Waals surface area contributed by atoms with Gasteiger partial charge in [0.25, 0.3) is 0 Å². The Morgan fingerprint density at radius 2 is 1.21 bits per heavy atom. The van der Waals surface area contributed by atoms with Gasteiger partial charge in [-0.15, -0.1) is 0 Å². The third-order valence-corrected chi connectivity index (χ3v) is 3.27. The number of carbonyl (C=O) groups is 1. The van der Waals surface area contributed by atoms with Crippen molar-refractivity contribution in [1.82, 2.24) is 0 Å². The fourth-order valence-corrected chi connectivity index (χ4v) is 1.72. The molecule has 0 amide bonds. The van der Waals surface area contributed by atoms with Gasteiger partial charge in [-0.2, -0.15) is 57.1 Å². The number of hydrogen-bond donors (Lipinski definition) is 1. The van der Waals surface area contributed by atoms with Crippen molar-refractivity contribution in [2.24, 2.45) is 0 Å². The maximum absolute atomic E-state index is 14.2. The highest BCUT2D eigenvalue weighted by Crippen LogP contribution is 2.60. The fraction of sp³-hybridized carbons (Fsp3) is 0.769. The molecule has 29 heavy (non-hydrogen) atoms. The van der Waals surface area contributed by atoms with Gasteiger partial charge in [-0.1, -0.05) is 6.08 Å². The van der Waals surface area contributed by atoms with Crippen molar-refractivity contribution < 1.29 is 71.7 Å². The van der Waals surface area contributed by atoms with E-state index in [4.69, 9.17) is 5.11 Å². The lowest BCUT2D eigenvalue weighted by Gasteiger charge is -2.41. The zero-order valence-electron chi connectivity index (χ0n) is 14.0. The average molecular weight is 462 g/mol. The Labute approximate surface area is 153 Å². The molecule has 0 heterocycles. The zero-order chi connectivity index (χ0) is 23.9. The molecule has 0 aromatic heterocycles. The Balaban J connectivity index is 6.74. The minimum atomic E-state index is -7.95. The van der Waals surface area contributed by atoms with Gasteiger partial charge in [-0.3, -0.25) is 0 Å². The minimum absolute atomic E-state index is 0.418. The lowest BCUT2D eigenvalue weighted by molar-refractivity contribution is -0.467. The van der Waals surface area contributed by atoms with Gasteiger partial charge in [0, 0.05) is 12.0 Å². The van der Waals surface area contributed by atoms with Gasteiger partial charge in [-0.05, 0) is 13.8 Å². The molecular weight excluding hydrogens is 451 g/mol. The molecule has 0 fully saturated rings. The van der Waals surface area contributed by atoms with Crippen molar-refractivity contribution in [3.63, 3.8) is 0 Å². The summed E-state index contributed by atoms with van der Waals surface area (Å²) in [5.74, 6) is -33.9. The second kappa shape index (κ2) is 7.83. The Kier molecular flexibility index (Phi) is 7.36. The molecule has 1 N–H and O–H groups in total. The van der Waals surface area contributed by atoms with Crippen LogP contribution in [0.15, 0.2) is 11.6 Å². The van der Waals surface area contributed by atoms with Gasteiger partial charge < -0.3 is 9.84 Å². The Bertz CT molecular complexity index is 633. The van der Waals surface area contributed by atoms with Crippen LogP contribution in [0.1, 0.15) is 20.3 Å². The van der Waals surface area contributed by atoms with E-state index >= 15 is 0 Å². The molecule has 0 rings (SSSR count). The van der Waals surface area contributed by atoms with Crippen molar-refractivity contribution in [2.45, 2.75) is 62.3 Å². The van der Waals surface area contributed by atoms with Gasteiger partial charge in [-0.25, -0.2) is 4.79 Å². The number of esters is 1. The van der Waals surface area contributed by atoms with E-state index in [1.54, 1.807) is 0 Å². The highest BCUT2D eigenvalue weighted by molar-refractivity contribution is 5.88. The SMILES string of the molecule is CC=C(CC(C)O)C(=O)OC(F)(C(F)(F)C(F)(F)F)C(F)(F)C(F)(F)C(F)(F)F. The van der Waals surface area contributed by atoms with Gasteiger partial charge in [0.1, 0.15) is 0 Å². The van der Waals surface area contributed by atoms with Crippen LogP contribution in [0.4, 0.5) is 57.1 Å². The summed E-state index contributed by atoms with van der Waals surface area (Å²) in [7, 11) is 0. The molecule has 3 nitrogen and oxygen atoms in total. The molecule has 0 spiro atoms. The molecule has 0 aliphatic carbocycles. The van der Waals surface area contributed by atoms with Crippen molar-refractivity contribution in [3.05, 3.63) is 11.6 Å². The normalized spacial score (nSPS) is 18.3. The van der Waals surface area contributed by atoms with Crippen LogP contribution in [0.3, 0.4) is 0 Å². The first-order chi connectivity index (χ1) is 12.5. The summed E-state index contributed by atoms with van der Waals surface area (Å²) in [6.07, 6.45) is -17.3. The maximum atomic E-state index is 14.2. The quantitative estimate of drug-likeness (QED) is 0.331. The summed E-state index contributed by atoms with van der Waals surface area (Å²) in [6.45, 7) is 1.64. The van der Waals surface area contributed by atoms with Crippen LogP contribution in [0, 0.1) is 0 Å². The molecule has 0 aromatic carbocycles. The van der Waals surface area contributed by atoms with Crippen LogP contribution >= 0.6 is 0 Å². The number of aliphatic hydroxyl groups excluding tert-OH is 1. The third-order valence-electron chi connectivity index (χ3n) is 3.27. The largest absolute Gasteiger partial charge is 0.461 e. The minimum Gasteiger partial charge on any atom is -0.413 e. The van der Waals surface area contributed by atoms with E-state index < -0.39 is 60.0 Å². The smallest absolute Gasteiger partial charge is 0.413 e. The molecule has 2 atom stereocenters. The van der Waals surface area contributed by atoms with E-state index in [0.29, 0.717) is 6.08 Å².